The van der Waals surface area contributed by atoms with Crippen molar-refractivity contribution in [1.29, 1.82) is 0 Å². The first-order chi connectivity index (χ1) is 15.3. The summed E-state index contributed by atoms with van der Waals surface area (Å²) in [5.41, 5.74) is 11.4. The summed E-state index contributed by atoms with van der Waals surface area (Å²) in [6, 6.07) is 43.7. The first kappa shape index (κ1) is 18.2. The summed E-state index contributed by atoms with van der Waals surface area (Å²) >= 11 is 0. The fourth-order valence-corrected chi connectivity index (χ4v) is 5.46. The Morgan fingerprint density at radius 2 is 0.710 bits per heavy atom. The molecule has 0 N–H and O–H groups in total. The molecule has 0 radical (unpaired) electrons. The van der Waals surface area contributed by atoms with Crippen LogP contribution in [-0.2, 0) is 0 Å². The second kappa shape index (κ2) is 6.96. The van der Waals surface area contributed by atoms with Crippen molar-refractivity contribution < 1.29 is 0 Å². The molecular weight excluding hydrogens is 372 g/mol. The molecule has 2 aliphatic carbocycles. The van der Waals surface area contributed by atoms with Gasteiger partial charge >= 0.3 is 0 Å². The van der Waals surface area contributed by atoms with Gasteiger partial charge in [-0.2, -0.15) is 0 Å². The molecule has 0 spiro atoms. The van der Waals surface area contributed by atoms with E-state index in [-0.39, 0.29) is 5.41 Å². The van der Waals surface area contributed by atoms with Gasteiger partial charge in [0.15, 0.2) is 0 Å². The Balaban J connectivity index is 1.49. The van der Waals surface area contributed by atoms with Crippen LogP contribution in [0.4, 0.5) is 0 Å². The van der Waals surface area contributed by atoms with E-state index in [1.54, 1.807) is 0 Å². The Morgan fingerprint density at radius 1 is 0.419 bits per heavy atom. The normalized spacial score (nSPS) is 17.1. The summed E-state index contributed by atoms with van der Waals surface area (Å²) in [5, 5.41) is 0. The quantitative estimate of drug-likeness (QED) is 0.322. The molecule has 4 aromatic carbocycles. The van der Waals surface area contributed by atoms with Gasteiger partial charge < -0.3 is 0 Å². The predicted octanol–water partition coefficient (Wildman–Crippen LogP) is 7.86. The second-order valence-corrected chi connectivity index (χ2v) is 8.68. The van der Waals surface area contributed by atoms with E-state index in [0.717, 1.165) is 0 Å². The minimum Gasteiger partial charge on any atom is -0.0622 e. The lowest BCUT2D eigenvalue weighted by atomic mass is 9.84. The fraction of sp³-hybridized carbons (Fsp3) is 0.0968. The number of benzene rings is 4. The Hall–Kier alpha value is -3.64. The highest BCUT2D eigenvalue weighted by atomic mass is 14.6. The maximum Gasteiger partial charge on any atom is 0.0302 e. The van der Waals surface area contributed by atoms with Crippen molar-refractivity contribution in [2.45, 2.75) is 6.92 Å². The van der Waals surface area contributed by atoms with Crippen LogP contribution < -0.4 is 0 Å². The topological polar surface area (TPSA) is 0 Å². The molecule has 31 heavy (non-hydrogen) atoms. The van der Waals surface area contributed by atoms with Crippen molar-refractivity contribution in [3.05, 3.63) is 144 Å². The molecular formula is C31H24. The van der Waals surface area contributed by atoms with E-state index in [0.29, 0.717) is 5.92 Å². The molecule has 0 unspecified atom stereocenters. The van der Waals surface area contributed by atoms with E-state index >= 15 is 0 Å². The smallest absolute Gasteiger partial charge is 0.0302 e. The zero-order valence-electron chi connectivity index (χ0n) is 17.6. The molecule has 0 nitrogen and oxygen atoms in total. The minimum atomic E-state index is 0.0130. The van der Waals surface area contributed by atoms with Gasteiger partial charge in [0.1, 0.15) is 0 Å². The molecule has 0 saturated heterocycles. The van der Waals surface area contributed by atoms with Crippen LogP contribution in [0.1, 0.15) is 29.2 Å². The average molecular weight is 397 g/mol. The summed E-state index contributed by atoms with van der Waals surface area (Å²) < 4.78 is 0. The number of hydrogen-bond donors (Lipinski definition) is 0. The molecule has 0 aromatic heterocycles. The van der Waals surface area contributed by atoms with Crippen molar-refractivity contribution in [1.82, 2.24) is 0 Å². The molecule has 0 heterocycles. The zero-order chi connectivity index (χ0) is 20.8. The third kappa shape index (κ3) is 2.83. The number of allylic oxidation sites excluding steroid dienone is 4. The van der Waals surface area contributed by atoms with Crippen LogP contribution in [0.5, 0.6) is 0 Å². The minimum absolute atomic E-state index is 0.0130. The molecule has 0 heteroatoms. The largest absolute Gasteiger partial charge is 0.0622 e. The Labute approximate surface area is 184 Å². The Kier molecular flexibility index (Phi) is 4.07. The van der Waals surface area contributed by atoms with Crippen molar-refractivity contribution in [2.24, 2.45) is 11.3 Å². The molecule has 0 bridgehead atoms. The molecule has 0 aliphatic heterocycles. The lowest BCUT2D eigenvalue weighted by Gasteiger charge is -2.18. The van der Waals surface area contributed by atoms with E-state index < -0.39 is 0 Å². The predicted molar refractivity (Wildman–Crippen MR) is 131 cm³/mol. The third-order valence-corrected chi connectivity index (χ3v) is 6.88. The van der Waals surface area contributed by atoms with Crippen LogP contribution in [0.25, 0.3) is 22.3 Å². The van der Waals surface area contributed by atoms with Crippen molar-refractivity contribution >= 4 is 22.3 Å². The van der Waals surface area contributed by atoms with Gasteiger partial charge in [-0.25, -0.2) is 0 Å². The van der Waals surface area contributed by atoms with Gasteiger partial charge in [-0.3, -0.25) is 0 Å². The van der Waals surface area contributed by atoms with E-state index in [1.807, 2.05) is 0 Å². The summed E-state index contributed by atoms with van der Waals surface area (Å²) in [5.74, 6) is 0.405. The summed E-state index contributed by atoms with van der Waals surface area (Å²) in [7, 11) is 0. The summed E-state index contributed by atoms with van der Waals surface area (Å²) in [4.78, 5) is 0. The second-order valence-electron chi connectivity index (χ2n) is 8.68. The van der Waals surface area contributed by atoms with Crippen molar-refractivity contribution in [3.63, 3.8) is 0 Å². The SMILES string of the molecule is CC1(C2C(c3ccccc3)=C2c2ccccc2)C(c2ccccc2)=C1c1ccccc1. The van der Waals surface area contributed by atoms with Crippen molar-refractivity contribution in [2.75, 3.05) is 0 Å². The van der Waals surface area contributed by atoms with E-state index in [9.17, 15) is 0 Å². The standard InChI is InChI=1S/C31H24/c1-31(28(24-18-10-4-11-19-24)29(31)25-20-12-5-13-21-25)30-26(22-14-6-2-7-15-22)27(30)23-16-8-3-9-17-23/h2-21,30H,1H3. The zero-order valence-corrected chi connectivity index (χ0v) is 17.6. The highest BCUT2D eigenvalue weighted by Crippen LogP contribution is 2.77. The third-order valence-electron chi connectivity index (χ3n) is 6.88. The van der Waals surface area contributed by atoms with Gasteiger partial charge in [-0.05, 0) is 44.5 Å². The van der Waals surface area contributed by atoms with Gasteiger partial charge in [0.05, 0.1) is 0 Å². The first-order valence-corrected chi connectivity index (χ1v) is 11.0. The highest BCUT2D eigenvalue weighted by molar-refractivity contribution is 6.23. The van der Waals surface area contributed by atoms with Crippen LogP contribution in [0.15, 0.2) is 121 Å². The van der Waals surface area contributed by atoms with Gasteiger partial charge in [0.25, 0.3) is 0 Å². The maximum atomic E-state index is 2.45. The monoisotopic (exact) mass is 396 g/mol. The summed E-state index contributed by atoms with van der Waals surface area (Å²) in [6.45, 7) is 2.45. The van der Waals surface area contributed by atoms with E-state index in [1.165, 1.54) is 44.5 Å². The van der Waals surface area contributed by atoms with Crippen LogP contribution in [0.2, 0.25) is 0 Å². The van der Waals surface area contributed by atoms with Gasteiger partial charge in [0, 0.05) is 11.3 Å². The molecule has 2 aliphatic rings. The number of hydrogen-bond acceptors (Lipinski definition) is 0. The van der Waals surface area contributed by atoms with Gasteiger partial charge in [-0.1, -0.05) is 128 Å². The Morgan fingerprint density at radius 3 is 1.03 bits per heavy atom. The molecule has 6 rings (SSSR count). The average Bonchev–Trinajstić information content (AvgIpc) is 3.74. The molecule has 0 amide bonds. The maximum absolute atomic E-state index is 2.45. The van der Waals surface area contributed by atoms with Crippen molar-refractivity contribution in [3.8, 4) is 0 Å². The van der Waals surface area contributed by atoms with E-state index in [4.69, 9.17) is 0 Å². The molecule has 0 fully saturated rings. The first-order valence-electron chi connectivity index (χ1n) is 11.0. The van der Waals surface area contributed by atoms with Crippen LogP contribution in [-0.4, -0.2) is 0 Å². The van der Waals surface area contributed by atoms with Crippen LogP contribution >= 0.6 is 0 Å². The molecule has 0 atom stereocenters. The molecule has 4 aromatic rings. The lowest BCUT2D eigenvalue weighted by molar-refractivity contribution is 0.627. The number of rotatable bonds is 5. The van der Waals surface area contributed by atoms with E-state index in [2.05, 4.69) is 128 Å². The van der Waals surface area contributed by atoms with Crippen LogP contribution in [0, 0.1) is 11.3 Å². The fourth-order valence-electron chi connectivity index (χ4n) is 5.46. The van der Waals surface area contributed by atoms with Gasteiger partial charge in [0.2, 0.25) is 0 Å². The highest BCUT2D eigenvalue weighted by Gasteiger charge is 2.62. The summed E-state index contributed by atoms with van der Waals surface area (Å²) in [6.07, 6.45) is 0. The molecule has 148 valence electrons. The van der Waals surface area contributed by atoms with Gasteiger partial charge in [-0.15, -0.1) is 0 Å². The molecule has 0 saturated carbocycles. The van der Waals surface area contributed by atoms with Crippen LogP contribution in [0.3, 0.4) is 0 Å². The lowest BCUT2D eigenvalue weighted by Crippen LogP contribution is -2.08. The Bertz CT molecular complexity index is 1190.